The Hall–Kier alpha value is -0.970. The van der Waals surface area contributed by atoms with Crippen LogP contribution in [0, 0.1) is 11.7 Å². The van der Waals surface area contributed by atoms with Crippen LogP contribution in [0.3, 0.4) is 0 Å². The minimum atomic E-state index is -0.250. The Balaban J connectivity index is 2.17. The Morgan fingerprint density at radius 1 is 1.50 bits per heavy atom. The van der Waals surface area contributed by atoms with Crippen LogP contribution < -0.4 is 5.73 Å². The maximum atomic E-state index is 13.8. The molecule has 1 aliphatic heterocycles. The molecule has 0 saturated carbocycles. The summed E-state index contributed by atoms with van der Waals surface area (Å²) in [6.45, 7) is 3.94. The average Bonchev–Trinajstić information content (AvgIpc) is 2.37. The third-order valence-electron chi connectivity index (χ3n) is 3.82. The van der Waals surface area contributed by atoms with Gasteiger partial charge in [-0.3, -0.25) is 4.90 Å². The van der Waals surface area contributed by atoms with Crippen molar-refractivity contribution in [3.8, 4) is 0 Å². The maximum Gasteiger partial charge on any atom is 0.128 e. The van der Waals surface area contributed by atoms with Crippen LogP contribution in [0.2, 0.25) is 0 Å². The second kappa shape index (κ2) is 5.78. The van der Waals surface area contributed by atoms with Crippen LogP contribution in [0.25, 0.3) is 0 Å². The van der Waals surface area contributed by atoms with E-state index in [1.54, 1.807) is 12.1 Å². The monoisotopic (exact) mass is 252 g/mol. The van der Waals surface area contributed by atoms with Crippen LogP contribution in [0.5, 0.6) is 0 Å². The van der Waals surface area contributed by atoms with Crippen molar-refractivity contribution in [3.05, 3.63) is 35.6 Å². The van der Waals surface area contributed by atoms with E-state index in [-0.39, 0.29) is 23.9 Å². The van der Waals surface area contributed by atoms with E-state index in [1.165, 1.54) is 6.07 Å². The van der Waals surface area contributed by atoms with Gasteiger partial charge in [0.15, 0.2) is 0 Å². The van der Waals surface area contributed by atoms with Crippen LogP contribution >= 0.6 is 0 Å². The SMILES string of the molecule is CC1CN(C(CN)c2ccccc2F)CCC1O. The number of aliphatic hydroxyl groups excluding tert-OH is 1. The Bertz CT molecular complexity index is 399. The molecule has 3 nitrogen and oxygen atoms in total. The van der Waals surface area contributed by atoms with Gasteiger partial charge in [-0.15, -0.1) is 0 Å². The molecule has 1 saturated heterocycles. The summed E-state index contributed by atoms with van der Waals surface area (Å²) in [5.41, 5.74) is 6.47. The van der Waals surface area contributed by atoms with Gasteiger partial charge in [0.25, 0.3) is 0 Å². The van der Waals surface area contributed by atoms with E-state index in [0.717, 1.165) is 19.5 Å². The molecule has 3 N–H and O–H groups in total. The van der Waals surface area contributed by atoms with Crippen LogP contribution in [0.15, 0.2) is 24.3 Å². The quantitative estimate of drug-likeness (QED) is 0.857. The van der Waals surface area contributed by atoms with Gasteiger partial charge in [-0.1, -0.05) is 25.1 Å². The molecule has 0 bridgehead atoms. The Morgan fingerprint density at radius 3 is 2.83 bits per heavy atom. The lowest BCUT2D eigenvalue weighted by Crippen LogP contribution is -2.45. The van der Waals surface area contributed by atoms with Gasteiger partial charge < -0.3 is 10.8 Å². The molecule has 0 spiro atoms. The molecule has 0 aromatic heterocycles. The van der Waals surface area contributed by atoms with Gasteiger partial charge in [0, 0.05) is 31.2 Å². The molecule has 1 aromatic carbocycles. The minimum Gasteiger partial charge on any atom is -0.393 e. The fourth-order valence-corrected chi connectivity index (χ4v) is 2.67. The van der Waals surface area contributed by atoms with Crippen molar-refractivity contribution in [2.24, 2.45) is 11.7 Å². The third kappa shape index (κ3) is 2.71. The molecule has 0 amide bonds. The second-order valence-corrected chi connectivity index (χ2v) is 5.10. The van der Waals surface area contributed by atoms with E-state index in [0.29, 0.717) is 12.1 Å². The number of rotatable bonds is 3. The summed E-state index contributed by atoms with van der Waals surface area (Å²) >= 11 is 0. The highest BCUT2D eigenvalue weighted by molar-refractivity contribution is 5.22. The largest absolute Gasteiger partial charge is 0.393 e. The van der Waals surface area contributed by atoms with Crippen molar-refractivity contribution >= 4 is 0 Å². The summed E-state index contributed by atoms with van der Waals surface area (Å²) < 4.78 is 13.8. The van der Waals surface area contributed by atoms with E-state index in [1.807, 2.05) is 13.0 Å². The summed E-state index contributed by atoms with van der Waals surface area (Å²) in [6, 6.07) is 6.70. The molecular formula is C14H21FN2O. The zero-order chi connectivity index (χ0) is 13.1. The molecule has 100 valence electrons. The molecule has 18 heavy (non-hydrogen) atoms. The van der Waals surface area contributed by atoms with Crippen molar-refractivity contribution < 1.29 is 9.50 Å². The van der Waals surface area contributed by atoms with Gasteiger partial charge in [0.2, 0.25) is 0 Å². The molecule has 1 heterocycles. The number of halogens is 1. The lowest BCUT2D eigenvalue weighted by molar-refractivity contribution is 0.0175. The molecule has 2 rings (SSSR count). The van der Waals surface area contributed by atoms with Gasteiger partial charge in [-0.2, -0.15) is 0 Å². The number of aliphatic hydroxyl groups is 1. The van der Waals surface area contributed by atoms with Gasteiger partial charge in [-0.25, -0.2) is 4.39 Å². The molecule has 0 radical (unpaired) electrons. The van der Waals surface area contributed by atoms with E-state index in [2.05, 4.69) is 4.90 Å². The van der Waals surface area contributed by atoms with Gasteiger partial charge >= 0.3 is 0 Å². The highest BCUT2D eigenvalue weighted by atomic mass is 19.1. The zero-order valence-corrected chi connectivity index (χ0v) is 10.7. The zero-order valence-electron chi connectivity index (χ0n) is 10.7. The van der Waals surface area contributed by atoms with E-state index in [4.69, 9.17) is 5.73 Å². The molecule has 1 aromatic rings. The number of nitrogens with zero attached hydrogens (tertiary/aromatic N) is 1. The van der Waals surface area contributed by atoms with Crippen molar-refractivity contribution in [2.75, 3.05) is 19.6 Å². The lowest BCUT2D eigenvalue weighted by atomic mass is 9.93. The van der Waals surface area contributed by atoms with E-state index >= 15 is 0 Å². The number of hydrogen-bond donors (Lipinski definition) is 2. The normalized spacial score (nSPS) is 27.1. The third-order valence-corrected chi connectivity index (χ3v) is 3.82. The molecule has 1 fully saturated rings. The highest BCUT2D eigenvalue weighted by Gasteiger charge is 2.29. The fourth-order valence-electron chi connectivity index (χ4n) is 2.67. The molecule has 3 unspecified atom stereocenters. The highest BCUT2D eigenvalue weighted by Crippen LogP contribution is 2.27. The summed E-state index contributed by atoms with van der Waals surface area (Å²) in [7, 11) is 0. The Kier molecular flexibility index (Phi) is 4.32. The number of piperidine rings is 1. The number of benzene rings is 1. The Labute approximate surface area is 107 Å². The van der Waals surface area contributed by atoms with Gasteiger partial charge in [0.1, 0.15) is 5.82 Å². The van der Waals surface area contributed by atoms with Crippen LogP contribution in [-0.4, -0.2) is 35.7 Å². The molecule has 4 heteroatoms. The predicted octanol–water partition coefficient (Wildman–Crippen LogP) is 1.53. The van der Waals surface area contributed by atoms with Gasteiger partial charge in [0.05, 0.1) is 6.10 Å². The van der Waals surface area contributed by atoms with Gasteiger partial charge in [-0.05, 0) is 18.4 Å². The van der Waals surface area contributed by atoms with E-state index < -0.39 is 0 Å². The lowest BCUT2D eigenvalue weighted by Gasteiger charge is -2.39. The maximum absolute atomic E-state index is 13.8. The standard InChI is InChI=1S/C14H21FN2O/c1-10-9-17(7-6-14(10)18)13(8-16)11-4-2-3-5-12(11)15/h2-5,10,13-14,18H,6-9,16H2,1H3. The smallest absolute Gasteiger partial charge is 0.128 e. The number of nitrogens with two attached hydrogens (primary N) is 1. The first kappa shape index (κ1) is 13.5. The second-order valence-electron chi connectivity index (χ2n) is 5.10. The Morgan fingerprint density at radius 2 is 2.22 bits per heavy atom. The first-order valence-corrected chi connectivity index (χ1v) is 6.50. The summed E-state index contributed by atoms with van der Waals surface area (Å²) in [6.07, 6.45) is 0.479. The first-order valence-electron chi connectivity index (χ1n) is 6.50. The van der Waals surface area contributed by atoms with E-state index in [9.17, 15) is 9.50 Å². The summed E-state index contributed by atoms with van der Waals surface area (Å²) in [4.78, 5) is 2.18. The molecule has 3 atom stereocenters. The van der Waals surface area contributed by atoms with Crippen molar-refractivity contribution in [1.82, 2.24) is 4.90 Å². The van der Waals surface area contributed by atoms with Crippen LogP contribution in [-0.2, 0) is 0 Å². The minimum absolute atomic E-state index is 0.0962. The average molecular weight is 252 g/mol. The van der Waals surface area contributed by atoms with Crippen molar-refractivity contribution in [3.63, 3.8) is 0 Å². The van der Waals surface area contributed by atoms with Crippen molar-refractivity contribution in [2.45, 2.75) is 25.5 Å². The van der Waals surface area contributed by atoms with Crippen LogP contribution in [0.1, 0.15) is 24.9 Å². The van der Waals surface area contributed by atoms with Crippen LogP contribution in [0.4, 0.5) is 4.39 Å². The summed E-state index contributed by atoms with van der Waals surface area (Å²) in [5, 5.41) is 9.74. The fraction of sp³-hybridized carbons (Fsp3) is 0.571. The topological polar surface area (TPSA) is 49.5 Å². The predicted molar refractivity (Wildman–Crippen MR) is 69.6 cm³/mol. The molecular weight excluding hydrogens is 231 g/mol. The first-order chi connectivity index (χ1) is 8.63. The summed E-state index contributed by atoms with van der Waals surface area (Å²) in [5.74, 6) is 0.00583. The van der Waals surface area contributed by atoms with Crippen molar-refractivity contribution in [1.29, 1.82) is 0 Å². The number of hydrogen-bond acceptors (Lipinski definition) is 3. The molecule has 1 aliphatic rings. The molecule has 0 aliphatic carbocycles. The number of likely N-dealkylation sites (tertiary alicyclic amines) is 1.